The van der Waals surface area contributed by atoms with Gasteiger partial charge in [-0.1, -0.05) is 0 Å². The lowest BCUT2D eigenvalue weighted by atomic mass is 10.1. The van der Waals surface area contributed by atoms with E-state index in [1.54, 1.807) is 6.92 Å². The minimum Gasteiger partial charge on any atom is -0.399 e. The van der Waals surface area contributed by atoms with Gasteiger partial charge in [0.2, 0.25) is 0 Å². The Balaban J connectivity index is 2.34. The van der Waals surface area contributed by atoms with Crippen molar-refractivity contribution in [3.63, 3.8) is 0 Å². The van der Waals surface area contributed by atoms with Crippen LogP contribution in [0.2, 0.25) is 0 Å². The molecule has 3 N–H and O–H groups in total. The van der Waals surface area contributed by atoms with Crippen LogP contribution in [0.4, 0.5) is 10.1 Å². The van der Waals surface area contributed by atoms with Crippen molar-refractivity contribution in [1.29, 1.82) is 0 Å². The van der Waals surface area contributed by atoms with Gasteiger partial charge in [-0.25, -0.2) is 4.39 Å². The number of aliphatic hydroxyl groups is 1. The number of nitrogens with two attached hydrogens (primary N) is 1. The summed E-state index contributed by atoms with van der Waals surface area (Å²) in [6, 6.07) is 2.65. The van der Waals surface area contributed by atoms with Crippen molar-refractivity contribution in [2.75, 3.05) is 18.9 Å². The molecule has 0 saturated carbocycles. The van der Waals surface area contributed by atoms with Crippen LogP contribution in [0, 0.1) is 12.7 Å². The predicted molar refractivity (Wildman–Crippen MR) is 66.7 cm³/mol. The van der Waals surface area contributed by atoms with E-state index in [0.717, 1.165) is 12.8 Å². The minimum absolute atomic E-state index is 0.00662. The first-order chi connectivity index (χ1) is 8.54. The highest BCUT2D eigenvalue weighted by molar-refractivity contribution is 5.96. The molecule has 0 spiro atoms. The number of aryl methyl sites for hydroxylation is 1. The molecule has 18 heavy (non-hydrogen) atoms. The monoisotopic (exact) mass is 252 g/mol. The van der Waals surface area contributed by atoms with Gasteiger partial charge in [0.25, 0.3) is 5.91 Å². The van der Waals surface area contributed by atoms with E-state index in [2.05, 4.69) is 0 Å². The van der Waals surface area contributed by atoms with Crippen molar-refractivity contribution in [3.05, 3.63) is 29.1 Å². The predicted octanol–water partition coefficient (Wildman–Crippen LogP) is 1.31. The van der Waals surface area contributed by atoms with Gasteiger partial charge in [0.15, 0.2) is 0 Å². The second-order valence-electron chi connectivity index (χ2n) is 4.68. The molecular weight excluding hydrogens is 235 g/mol. The summed E-state index contributed by atoms with van der Waals surface area (Å²) in [7, 11) is 0. The van der Waals surface area contributed by atoms with E-state index in [0.29, 0.717) is 17.8 Å². The number of nitrogen functional groups attached to an aromatic ring is 1. The van der Waals surface area contributed by atoms with Crippen LogP contribution in [-0.2, 0) is 0 Å². The Bertz CT molecular complexity index is 476. The highest BCUT2D eigenvalue weighted by Crippen LogP contribution is 2.23. The fraction of sp³-hybridized carbons (Fsp3) is 0.462. The van der Waals surface area contributed by atoms with E-state index >= 15 is 0 Å². The maximum atomic E-state index is 14.0. The molecule has 1 amide bonds. The number of rotatable bonds is 2. The summed E-state index contributed by atoms with van der Waals surface area (Å²) in [4.78, 5) is 13.8. The Labute approximate surface area is 105 Å². The molecular formula is C13H17FN2O2. The molecule has 5 heteroatoms. The third kappa shape index (κ3) is 2.18. The van der Waals surface area contributed by atoms with Crippen molar-refractivity contribution in [3.8, 4) is 0 Å². The zero-order chi connectivity index (χ0) is 13.3. The Morgan fingerprint density at radius 1 is 1.61 bits per heavy atom. The number of benzene rings is 1. The lowest BCUT2D eigenvalue weighted by Crippen LogP contribution is -2.38. The largest absolute Gasteiger partial charge is 0.399 e. The summed E-state index contributed by atoms with van der Waals surface area (Å²) in [5.41, 5.74) is 6.37. The molecule has 1 saturated heterocycles. The fourth-order valence-corrected chi connectivity index (χ4v) is 2.40. The van der Waals surface area contributed by atoms with Crippen LogP contribution in [0.15, 0.2) is 12.1 Å². The lowest BCUT2D eigenvalue weighted by molar-refractivity contribution is 0.0673. The number of hydrogen-bond acceptors (Lipinski definition) is 3. The molecule has 1 heterocycles. The molecule has 0 bridgehead atoms. The first-order valence-corrected chi connectivity index (χ1v) is 6.02. The molecule has 1 aromatic rings. The number of likely N-dealkylation sites (tertiary alicyclic amines) is 1. The molecule has 0 aromatic heterocycles. The number of aliphatic hydroxyl groups excluding tert-OH is 1. The number of carbonyl (C=O) groups excluding carboxylic acids is 1. The Morgan fingerprint density at radius 2 is 2.33 bits per heavy atom. The summed E-state index contributed by atoms with van der Waals surface area (Å²) in [6.07, 6.45) is 1.59. The van der Waals surface area contributed by atoms with Crippen molar-refractivity contribution in [1.82, 2.24) is 4.90 Å². The third-order valence-corrected chi connectivity index (χ3v) is 3.36. The number of hydrogen-bond donors (Lipinski definition) is 2. The van der Waals surface area contributed by atoms with Crippen LogP contribution in [0.1, 0.15) is 28.8 Å². The first-order valence-electron chi connectivity index (χ1n) is 6.02. The van der Waals surface area contributed by atoms with Gasteiger partial charge >= 0.3 is 0 Å². The smallest absolute Gasteiger partial charge is 0.257 e. The molecule has 1 fully saturated rings. The van der Waals surface area contributed by atoms with Gasteiger partial charge in [-0.2, -0.15) is 0 Å². The zero-order valence-electron chi connectivity index (χ0n) is 10.3. The van der Waals surface area contributed by atoms with Crippen LogP contribution < -0.4 is 5.73 Å². The summed E-state index contributed by atoms with van der Waals surface area (Å²) >= 11 is 0. The molecule has 1 aromatic carbocycles. The topological polar surface area (TPSA) is 66.6 Å². The summed E-state index contributed by atoms with van der Waals surface area (Å²) in [6.45, 7) is 2.04. The minimum atomic E-state index is -0.530. The summed E-state index contributed by atoms with van der Waals surface area (Å²) in [5.74, 6) is -0.919. The number of nitrogens with zero attached hydrogens (tertiary/aromatic N) is 1. The van der Waals surface area contributed by atoms with Crippen molar-refractivity contribution >= 4 is 11.6 Å². The molecule has 98 valence electrons. The van der Waals surface area contributed by atoms with Crippen LogP contribution in [0.25, 0.3) is 0 Å². The summed E-state index contributed by atoms with van der Waals surface area (Å²) < 4.78 is 14.0. The quantitative estimate of drug-likeness (QED) is 0.780. The average Bonchev–Trinajstić information content (AvgIpc) is 2.81. The Hall–Kier alpha value is -1.62. The maximum Gasteiger partial charge on any atom is 0.257 e. The van der Waals surface area contributed by atoms with E-state index in [1.807, 2.05) is 0 Å². The maximum absolute atomic E-state index is 14.0. The SMILES string of the molecule is Cc1cc(N)cc(C(=O)N2CCCC2CO)c1F. The number of amides is 1. The zero-order valence-corrected chi connectivity index (χ0v) is 10.3. The van der Waals surface area contributed by atoms with Crippen molar-refractivity contribution < 1.29 is 14.3 Å². The number of carbonyl (C=O) groups is 1. The molecule has 0 radical (unpaired) electrons. The van der Waals surface area contributed by atoms with Gasteiger partial charge in [0.1, 0.15) is 5.82 Å². The second-order valence-corrected chi connectivity index (χ2v) is 4.68. The van der Waals surface area contributed by atoms with Gasteiger partial charge < -0.3 is 15.7 Å². The first kappa shape index (κ1) is 12.8. The van der Waals surface area contributed by atoms with Crippen LogP contribution in [-0.4, -0.2) is 35.1 Å². The molecule has 1 aliphatic rings. The molecule has 1 atom stereocenters. The molecule has 0 aliphatic carbocycles. The second kappa shape index (κ2) is 4.94. The van der Waals surface area contributed by atoms with Crippen molar-refractivity contribution in [2.45, 2.75) is 25.8 Å². The van der Waals surface area contributed by atoms with E-state index in [1.165, 1.54) is 17.0 Å². The van der Waals surface area contributed by atoms with Gasteiger partial charge in [-0.15, -0.1) is 0 Å². The third-order valence-electron chi connectivity index (χ3n) is 3.36. The van der Waals surface area contributed by atoms with Gasteiger partial charge in [0.05, 0.1) is 18.2 Å². The van der Waals surface area contributed by atoms with Crippen LogP contribution in [0.5, 0.6) is 0 Å². The van der Waals surface area contributed by atoms with Crippen LogP contribution in [0.3, 0.4) is 0 Å². The van der Waals surface area contributed by atoms with Crippen molar-refractivity contribution in [2.24, 2.45) is 0 Å². The normalized spacial score (nSPS) is 19.3. The summed E-state index contributed by atoms with van der Waals surface area (Å²) in [5, 5.41) is 9.20. The average molecular weight is 252 g/mol. The number of halogens is 1. The van der Waals surface area contributed by atoms with Gasteiger partial charge in [-0.05, 0) is 37.5 Å². The van der Waals surface area contributed by atoms with Gasteiger partial charge in [-0.3, -0.25) is 4.79 Å². The highest BCUT2D eigenvalue weighted by atomic mass is 19.1. The van der Waals surface area contributed by atoms with E-state index in [9.17, 15) is 14.3 Å². The van der Waals surface area contributed by atoms with E-state index in [-0.39, 0.29) is 24.1 Å². The molecule has 1 unspecified atom stereocenters. The molecule has 1 aliphatic heterocycles. The molecule has 4 nitrogen and oxygen atoms in total. The fourth-order valence-electron chi connectivity index (χ4n) is 2.40. The Morgan fingerprint density at radius 3 is 3.00 bits per heavy atom. The highest BCUT2D eigenvalue weighted by Gasteiger charge is 2.30. The lowest BCUT2D eigenvalue weighted by Gasteiger charge is -2.23. The standard InChI is InChI=1S/C13H17FN2O2/c1-8-5-9(15)6-11(12(8)14)13(18)16-4-2-3-10(16)7-17/h5-6,10,17H,2-4,7,15H2,1H3. The van der Waals surface area contributed by atoms with Gasteiger partial charge in [0, 0.05) is 12.2 Å². The number of anilines is 1. The Kier molecular flexibility index (Phi) is 3.52. The van der Waals surface area contributed by atoms with Crippen LogP contribution >= 0.6 is 0 Å². The molecule has 2 rings (SSSR count). The van der Waals surface area contributed by atoms with E-state index < -0.39 is 5.82 Å². The van der Waals surface area contributed by atoms with E-state index in [4.69, 9.17) is 5.73 Å².